The lowest BCUT2D eigenvalue weighted by molar-refractivity contribution is 0.284. The van der Waals surface area contributed by atoms with Crippen molar-refractivity contribution >= 4 is 34.4 Å². The van der Waals surface area contributed by atoms with Gasteiger partial charge in [-0.25, -0.2) is 0 Å². The molecule has 0 saturated carbocycles. The molecule has 0 unspecified atom stereocenters. The van der Waals surface area contributed by atoms with E-state index < -0.39 is 23.3 Å². The van der Waals surface area contributed by atoms with Crippen molar-refractivity contribution < 1.29 is 0 Å². The zero-order chi connectivity index (χ0) is 18.7. The Balaban J connectivity index is 2.29. The summed E-state index contributed by atoms with van der Waals surface area (Å²) in [6.07, 6.45) is 6.51. The summed E-state index contributed by atoms with van der Waals surface area (Å²) in [5.41, 5.74) is 6.14. The van der Waals surface area contributed by atoms with Crippen molar-refractivity contribution in [2.75, 3.05) is 0 Å². The predicted molar refractivity (Wildman–Crippen MR) is 104 cm³/mol. The van der Waals surface area contributed by atoms with Gasteiger partial charge in [-0.3, -0.25) is 9.97 Å². The van der Waals surface area contributed by atoms with Crippen LogP contribution in [0, 0.1) is 34.0 Å². The second-order valence-corrected chi connectivity index (χ2v) is 6.82. The maximum absolute atomic E-state index is 10.2. The fraction of sp³-hybridized carbons (Fsp3) is 0.222. The third kappa shape index (κ3) is 2.70. The van der Waals surface area contributed by atoms with Crippen LogP contribution in [0.15, 0.2) is 49.1 Å². The molecule has 1 fully saturated rings. The van der Waals surface area contributed by atoms with Crippen molar-refractivity contribution in [2.45, 2.75) is 12.0 Å². The number of aromatic nitrogens is 2. The fourth-order valence-electron chi connectivity index (χ4n) is 3.47. The minimum absolute atomic E-state index is 0.00189. The summed E-state index contributed by atoms with van der Waals surface area (Å²) in [5.74, 6) is -1.41. The summed E-state index contributed by atoms with van der Waals surface area (Å²) in [5, 5.41) is 23.1. The van der Waals surface area contributed by atoms with E-state index in [9.17, 15) is 10.5 Å². The van der Waals surface area contributed by atoms with Crippen LogP contribution in [0.25, 0.3) is 0 Å². The molecule has 1 aliphatic rings. The first-order chi connectivity index (χ1) is 12.6. The number of nitriles is 2. The first-order valence-corrected chi connectivity index (χ1v) is 8.59. The van der Waals surface area contributed by atoms with E-state index in [0.717, 1.165) is 5.56 Å². The molecule has 3 rings (SSSR count). The van der Waals surface area contributed by atoms with E-state index in [1.54, 1.807) is 43.0 Å². The van der Waals surface area contributed by atoms with Crippen molar-refractivity contribution in [3.8, 4) is 12.1 Å². The van der Waals surface area contributed by atoms with Crippen LogP contribution in [0.4, 0.5) is 0 Å². The molecule has 4 atom stereocenters. The Morgan fingerprint density at radius 2 is 1.77 bits per heavy atom. The Morgan fingerprint density at radius 1 is 1.15 bits per heavy atom. The minimum Gasteiger partial charge on any atom is -0.392 e. The van der Waals surface area contributed by atoms with Crippen LogP contribution in [0.3, 0.4) is 0 Å². The molecular weight excluding hydrogens is 364 g/mol. The lowest BCUT2D eigenvalue weighted by Gasteiger charge is -2.47. The van der Waals surface area contributed by atoms with E-state index in [2.05, 4.69) is 27.4 Å². The second-order valence-electron chi connectivity index (χ2n) is 5.94. The van der Waals surface area contributed by atoms with Crippen molar-refractivity contribution in [1.82, 2.24) is 15.3 Å². The van der Waals surface area contributed by atoms with Gasteiger partial charge >= 0.3 is 0 Å². The maximum Gasteiger partial charge on any atom is 0.140 e. The molecule has 6 nitrogen and oxygen atoms in total. The molecule has 0 radical (unpaired) electrons. The molecule has 1 saturated heterocycles. The molecule has 0 aliphatic carbocycles. The van der Waals surface area contributed by atoms with Gasteiger partial charge < -0.3 is 11.1 Å². The maximum atomic E-state index is 10.2. The number of piperidine rings is 1. The largest absolute Gasteiger partial charge is 0.392 e. The van der Waals surface area contributed by atoms with Crippen molar-refractivity contribution in [1.29, 1.82) is 10.5 Å². The van der Waals surface area contributed by atoms with Crippen molar-refractivity contribution in [3.63, 3.8) is 0 Å². The zero-order valence-corrected chi connectivity index (χ0v) is 15.2. The first kappa shape index (κ1) is 17.9. The Labute approximate surface area is 161 Å². The summed E-state index contributed by atoms with van der Waals surface area (Å²) in [4.78, 5) is 8.60. The fourth-order valence-corrected chi connectivity index (χ4v) is 4.06. The third-order valence-electron chi connectivity index (χ3n) is 4.64. The topological polar surface area (TPSA) is 111 Å². The van der Waals surface area contributed by atoms with Crippen LogP contribution in [-0.2, 0) is 0 Å². The number of thiocarbonyl (C=S) groups is 2. The standard InChI is InChI=1S/C18H14N6S2/c19-7-13-14(11-3-1-5-22-8-11)18(10-20,17(21)26)15(24-16(13)25)12-4-2-6-23-9-12/h1-6,8-9,13-15H,(H2,21,26)(H,24,25)/t13-,14+,15-,18+/m1/s1. The number of nitrogens with two attached hydrogens (primary N) is 1. The summed E-state index contributed by atoms with van der Waals surface area (Å²) >= 11 is 10.8. The van der Waals surface area contributed by atoms with Crippen LogP contribution in [-0.4, -0.2) is 19.9 Å². The third-order valence-corrected chi connectivity index (χ3v) is 5.35. The molecule has 3 N–H and O–H groups in total. The molecule has 8 heteroatoms. The van der Waals surface area contributed by atoms with Crippen molar-refractivity contribution in [3.05, 3.63) is 60.2 Å². The van der Waals surface area contributed by atoms with Gasteiger partial charge in [0.1, 0.15) is 11.3 Å². The van der Waals surface area contributed by atoms with Crippen LogP contribution in [0.5, 0.6) is 0 Å². The van der Waals surface area contributed by atoms with E-state index in [1.807, 2.05) is 6.07 Å². The quantitative estimate of drug-likeness (QED) is 0.782. The molecule has 2 aromatic heterocycles. The lowest BCUT2D eigenvalue weighted by atomic mass is 9.60. The highest BCUT2D eigenvalue weighted by atomic mass is 32.1. The molecule has 128 valence electrons. The molecule has 3 heterocycles. The number of hydrogen-bond acceptors (Lipinski definition) is 6. The highest BCUT2D eigenvalue weighted by Gasteiger charge is 2.58. The Morgan fingerprint density at radius 3 is 2.23 bits per heavy atom. The van der Waals surface area contributed by atoms with E-state index in [4.69, 9.17) is 30.2 Å². The second kappa shape index (κ2) is 7.12. The average molecular weight is 378 g/mol. The van der Waals surface area contributed by atoms with Gasteiger partial charge in [0.15, 0.2) is 0 Å². The number of hydrogen-bond donors (Lipinski definition) is 2. The summed E-state index contributed by atoms with van der Waals surface area (Å²) < 4.78 is 0. The Kier molecular flexibility index (Phi) is 4.90. The van der Waals surface area contributed by atoms with Gasteiger partial charge in [-0.15, -0.1) is 0 Å². The van der Waals surface area contributed by atoms with Gasteiger partial charge in [0.2, 0.25) is 0 Å². The average Bonchev–Trinajstić information content (AvgIpc) is 2.68. The van der Waals surface area contributed by atoms with Gasteiger partial charge in [-0.05, 0) is 23.3 Å². The summed E-state index contributed by atoms with van der Waals surface area (Å²) in [6.45, 7) is 0. The Hall–Kier alpha value is -2.94. The summed E-state index contributed by atoms with van der Waals surface area (Å²) in [6, 6.07) is 11.0. The molecule has 0 aromatic carbocycles. The zero-order valence-electron chi connectivity index (χ0n) is 13.5. The van der Waals surface area contributed by atoms with Gasteiger partial charge in [0.25, 0.3) is 0 Å². The lowest BCUT2D eigenvalue weighted by Crippen LogP contribution is -2.58. The molecule has 0 spiro atoms. The van der Waals surface area contributed by atoms with Gasteiger partial charge in [-0.1, -0.05) is 36.6 Å². The molecule has 26 heavy (non-hydrogen) atoms. The normalized spacial score (nSPS) is 27.6. The SMILES string of the molecule is N#C[C@H]1C(=S)N[C@H](c2cccnc2)[C@@](C#N)(C(N)=S)[C@H]1c1cccnc1. The number of nitrogens with one attached hydrogen (secondary N) is 1. The molecule has 1 aliphatic heterocycles. The van der Waals surface area contributed by atoms with E-state index in [-0.39, 0.29) is 4.99 Å². The van der Waals surface area contributed by atoms with E-state index in [0.29, 0.717) is 10.6 Å². The van der Waals surface area contributed by atoms with E-state index in [1.165, 1.54) is 0 Å². The number of pyridine rings is 2. The van der Waals surface area contributed by atoms with Gasteiger partial charge in [0, 0.05) is 30.7 Å². The number of rotatable bonds is 3. The van der Waals surface area contributed by atoms with Gasteiger partial charge in [0.05, 0.1) is 28.2 Å². The van der Waals surface area contributed by atoms with Crippen LogP contribution in [0.2, 0.25) is 0 Å². The first-order valence-electron chi connectivity index (χ1n) is 7.77. The number of nitrogens with zero attached hydrogens (tertiary/aromatic N) is 4. The molecule has 0 amide bonds. The van der Waals surface area contributed by atoms with Crippen molar-refractivity contribution in [2.24, 2.45) is 17.1 Å². The molecule has 2 aromatic rings. The molecular formula is C18H14N6S2. The minimum atomic E-state index is -1.37. The highest BCUT2D eigenvalue weighted by Crippen LogP contribution is 2.52. The monoisotopic (exact) mass is 378 g/mol. The smallest absolute Gasteiger partial charge is 0.140 e. The van der Waals surface area contributed by atoms with Crippen LogP contribution < -0.4 is 11.1 Å². The van der Waals surface area contributed by atoms with Gasteiger partial charge in [-0.2, -0.15) is 10.5 Å². The Bertz CT molecular complexity index is 918. The highest BCUT2D eigenvalue weighted by molar-refractivity contribution is 7.80. The van der Waals surface area contributed by atoms with Crippen LogP contribution >= 0.6 is 24.4 Å². The van der Waals surface area contributed by atoms with E-state index >= 15 is 0 Å². The molecule has 0 bridgehead atoms. The van der Waals surface area contributed by atoms with Crippen LogP contribution in [0.1, 0.15) is 23.1 Å². The predicted octanol–water partition coefficient (Wildman–Crippen LogP) is 2.17. The summed E-state index contributed by atoms with van der Waals surface area (Å²) in [7, 11) is 0.